The van der Waals surface area contributed by atoms with Gasteiger partial charge in [0.05, 0.1) is 11.9 Å². The fourth-order valence-electron chi connectivity index (χ4n) is 3.69. The van der Waals surface area contributed by atoms with E-state index in [9.17, 15) is 17.6 Å². The molecule has 1 aromatic heterocycles. The topological polar surface area (TPSA) is 101 Å². The minimum absolute atomic E-state index is 0.0445. The smallest absolute Gasteiger partial charge is 0.251 e. The third kappa shape index (κ3) is 4.62. The van der Waals surface area contributed by atoms with Crippen LogP contribution < -0.4 is 10.6 Å². The predicted octanol–water partition coefficient (Wildman–Crippen LogP) is 3.59. The van der Waals surface area contributed by atoms with Gasteiger partial charge in [0.15, 0.2) is 15.7 Å². The number of carbonyl (C=O) groups is 1. The zero-order valence-electron chi connectivity index (χ0n) is 17.9. The Labute approximate surface area is 186 Å². The van der Waals surface area contributed by atoms with Gasteiger partial charge in [0, 0.05) is 35.0 Å². The number of nitrogens with zero attached hydrogens (tertiary/aromatic N) is 2. The molecule has 1 amide bonds. The zero-order chi connectivity index (χ0) is 23.1. The molecule has 166 valence electrons. The van der Waals surface area contributed by atoms with Crippen LogP contribution in [0.4, 0.5) is 16.0 Å². The normalized spacial score (nSPS) is 15.1. The fourth-order valence-corrected chi connectivity index (χ4v) is 4.49. The molecular formula is C23H23FN4O3S. The maximum atomic E-state index is 14.6. The Morgan fingerprint density at radius 3 is 2.56 bits per heavy atom. The van der Waals surface area contributed by atoms with Crippen LogP contribution in [-0.2, 0) is 21.0 Å². The number of amides is 1. The van der Waals surface area contributed by atoms with Gasteiger partial charge in [-0.1, -0.05) is 32.0 Å². The van der Waals surface area contributed by atoms with Crippen LogP contribution in [0.3, 0.4) is 0 Å². The van der Waals surface area contributed by atoms with E-state index >= 15 is 0 Å². The lowest BCUT2D eigenvalue weighted by Gasteiger charge is -2.32. The van der Waals surface area contributed by atoms with Crippen molar-refractivity contribution in [1.29, 1.82) is 0 Å². The van der Waals surface area contributed by atoms with Crippen molar-refractivity contribution < 1.29 is 17.6 Å². The van der Waals surface area contributed by atoms with Crippen LogP contribution >= 0.6 is 0 Å². The van der Waals surface area contributed by atoms with Crippen LogP contribution in [0.15, 0.2) is 48.7 Å². The van der Waals surface area contributed by atoms with E-state index in [-0.39, 0.29) is 28.7 Å². The number of anilines is 2. The number of hydrogen-bond donors (Lipinski definition) is 2. The molecule has 0 bridgehead atoms. The van der Waals surface area contributed by atoms with E-state index in [1.54, 1.807) is 36.4 Å². The summed E-state index contributed by atoms with van der Waals surface area (Å²) in [5.41, 5.74) is 3.11. The highest BCUT2D eigenvalue weighted by atomic mass is 32.2. The number of sulfone groups is 1. The van der Waals surface area contributed by atoms with Crippen molar-refractivity contribution in [2.75, 3.05) is 18.1 Å². The first-order chi connectivity index (χ1) is 15.0. The summed E-state index contributed by atoms with van der Waals surface area (Å²) in [7, 11) is -3.12. The Balaban J connectivity index is 1.63. The number of fused-ring (bicyclic) bond motifs is 1. The highest BCUT2D eigenvalue weighted by Gasteiger charge is 2.32. The molecule has 0 aliphatic carbocycles. The van der Waals surface area contributed by atoms with E-state index in [1.807, 2.05) is 19.9 Å². The van der Waals surface area contributed by atoms with Gasteiger partial charge in [0.2, 0.25) is 5.95 Å². The quantitative estimate of drug-likeness (QED) is 0.611. The third-order valence-electron chi connectivity index (χ3n) is 5.34. The van der Waals surface area contributed by atoms with Gasteiger partial charge in [-0.2, -0.15) is 0 Å². The second-order valence-electron chi connectivity index (χ2n) is 8.61. The Bertz CT molecular complexity index is 1310. The van der Waals surface area contributed by atoms with Crippen LogP contribution in [0, 0.1) is 5.82 Å². The maximum absolute atomic E-state index is 14.6. The van der Waals surface area contributed by atoms with Crippen molar-refractivity contribution in [3.05, 3.63) is 71.2 Å². The van der Waals surface area contributed by atoms with E-state index in [0.717, 1.165) is 11.8 Å². The van der Waals surface area contributed by atoms with Gasteiger partial charge in [-0.25, -0.2) is 22.8 Å². The van der Waals surface area contributed by atoms with Gasteiger partial charge in [0.25, 0.3) is 5.91 Å². The molecule has 9 heteroatoms. The Hall–Kier alpha value is -3.33. The van der Waals surface area contributed by atoms with Crippen molar-refractivity contribution >= 4 is 27.4 Å². The highest BCUT2D eigenvalue weighted by molar-refractivity contribution is 7.89. The molecule has 0 radical (unpaired) electrons. The summed E-state index contributed by atoms with van der Waals surface area (Å²) in [4.78, 5) is 20.5. The van der Waals surface area contributed by atoms with Crippen molar-refractivity contribution in [2.45, 2.75) is 25.0 Å². The first-order valence-electron chi connectivity index (χ1n) is 10.0. The molecule has 2 aromatic carbocycles. The number of aromatic nitrogens is 2. The highest BCUT2D eigenvalue weighted by Crippen LogP contribution is 2.33. The summed E-state index contributed by atoms with van der Waals surface area (Å²) >= 11 is 0. The lowest BCUT2D eigenvalue weighted by Crippen LogP contribution is -2.43. The van der Waals surface area contributed by atoms with Gasteiger partial charge >= 0.3 is 0 Å². The van der Waals surface area contributed by atoms with E-state index in [2.05, 4.69) is 20.6 Å². The summed E-state index contributed by atoms with van der Waals surface area (Å²) in [6.07, 6.45) is 2.28. The zero-order valence-corrected chi connectivity index (χ0v) is 18.8. The number of benzene rings is 2. The van der Waals surface area contributed by atoms with Crippen LogP contribution in [0.25, 0.3) is 11.3 Å². The van der Waals surface area contributed by atoms with Crippen LogP contribution in [-0.4, -0.2) is 37.1 Å². The van der Waals surface area contributed by atoms with Crippen molar-refractivity contribution in [3.8, 4) is 11.3 Å². The first-order valence-corrected chi connectivity index (χ1v) is 12.1. The second kappa shape index (κ2) is 7.98. The number of hydrogen-bond acceptors (Lipinski definition) is 6. The van der Waals surface area contributed by atoms with E-state index in [4.69, 9.17) is 0 Å². The molecule has 1 aliphatic rings. The standard InChI is InChI=1S/C23H23FN4O3S/c1-23(2)13-26-21(29)17-9-6-15(10-18(17)23)20-19(24)11-25-22(28-20)27-16-7-4-14(5-8-16)12-32(3,30)31/h4-11H,12-13H2,1-3H3,(H,26,29)(H,25,27,28). The second-order valence-corrected chi connectivity index (χ2v) is 10.7. The number of halogens is 1. The van der Waals surface area contributed by atoms with Crippen molar-refractivity contribution in [1.82, 2.24) is 15.3 Å². The molecular weight excluding hydrogens is 431 g/mol. The van der Waals surface area contributed by atoms with Gasteiger partial charge in [-0.3, -0.25) is 4.79 Å². The Morgan fingerprint density at radius 2 is 1.88 bits per heavy atom. The molecule has 32 heavy (non-hydrogen) atoms. The molecule has 0 atom stereocenters. The average Bonchev–Trinajstić information content (AvgIpc) is 2.73. The van der Waals surface area contributed by atoms with Gasteiger partial charge in [0.1, 0.15) is 5.69 Å². The minimum Gasteiger partial charge on any atom is -0.351 e. The van der Waals surface area contributed by atoms with Crippen LogP contribution in [0.1, 0.15) is 35.3 Å². The van der Waals surface area contributed by atoms with Gasteiger partial charge in [-0.05, 0) is 35.4 Å². The SMILES string of the molecule is CC1(C)CNC(=O)c2ccc(-c3nc(Nc4ccc(CS(C)(=O)=O)cc4)ncc3F)cc21. The monoisotopic (exact) mass is 454 g/mol. The number of nitrogens with one attached hydrogen (secondary N) is 2. The molecule has 0 saturated carbocycles. The predicted molar refractivity (Wildman–Crippen MR) is 121 cm³/mol. The summed E-state index contributed by atoms with van der Waals surface area (Å²) in [6.45, 7) is 4.54. The fraction of sp³-hybridized carbons (Fsp3) is 0.261. The Morgan fingerprint density at radius 1 is 1.16 bits per heavy atom. The Kier molecular flexibility index (Phi) is 5.46. The number of rotatable bonds is 5. The summed E-state index contributed by atoms with van der Waals surface area (Å²) in [6, 6.07) is 12.0. The largest absolute Gasteiger partial charge is 0.351 e. The molecule has 0 fully saturated rings. The molecule has 2 N–H and O–H groups in total. The van der Waals surface area contributed by atoms with Crippen LogP contribution in [0.2, 0.25) is 0 Å². The van der Waals surface area contributed by atoms with E-state index in [0.29, 0.717) is 28.9 Å². The molecule has 2 heterocycles. The molecule has 3 aromatic rings. The molecule has 0 saturated heterocycles. The average molecular weight is 455 g/mol. The summed E-state index contributed by atoms with van der Waals surface area (Å²) in [5, 5.41) is 5.88. The maximum Gasteiger partial charge on any atom is 0.251 e. The lowest BCUT2D eigenvalue weighted by atomic mass is 9.78. The van der Waals surface area contributed by atoms with E-state index < -0.39 is 15.7 Å². The molecule has 1 aliphatic heterocycles. The minimum atomic E-state index is -3.12. The molecule has 4 rings (SSSR count). The molecule has 0 unspecified atom stereocenters. The molecule has 0 spiro atoms. The summed E-state index contributed by atoms with van der Waals surface area (Å²) in [5.74, 6) is -0.559. The van der Waals surface area contributed by atoms with Crippen molar-refractivity contribution in [2.24, 2.45) is 0 Å². The van der Waals surface area contributed by atoms with Crippen LogP contribution in [0.5, 0.6) is 0 Å². The van der Waals surface area contributed by atoms with E-state index in [1.165, 1.54) is 6.26 Å². The van der Waals surface area contributed by atoms with Gasteiger partial charge in [-0.15, -0.1) is 0 Å². The first kappa shape index (κ1) is 21.9. The lowest BCUT2D eigenvalue weighted by molar-refractivity contribution is 0.0930. The third-order valence-corrected chi connectivity index (χ3v) is 6.20. The van der Waals surface area contributed by atoms with Crippen molar-refractivity contribution in [3.63, 3.8) is 0 Å². The molecule has 7 nitrogen and oxygen atoms in total. The van der Waals surface area contributed by atoms with Gasteiger partial charge < -0.3 is 10.6 Å². The summed E-state index contributed by atoms with van der Waals surface area (Å²) < 4.78 is 37.5. The number of carbonyl (C=O) groups excluding carboxylic acids is 1.